The fourth-order valence-electron chi connectivity index (χ4n) is 1.84. The molecule has 0 aromatic carbocycles. The predicted molar refractivity (Wildman–Crippen MR) is 43.5 cm³/mol. The molecule has 0 unspecified atom stereocenters. The van der Waals surface area contributed by atoms with Gasteiger partial charge in [-0.25, -0.2) is 0 Å². The van der Waals surface area contributed by atoms with Gasteiger partial charge in [0, 0.05) is 0 Å². The summed E-state index contributed by atoms with van der Waals surface area (Å²) >= 11 is 0. The summed E-state index contributed by atoms with van der Waals surface area (Å²) in [4.78, 5) is 0. The average Bonchev–Trinajstić information content (AvgIpc) is 2.05. The quantitative estimate of drug-likeness (QED) is 0.446. The van der Waals surface area contributed by atoms with Crippen LogP contribution in [0.2, 0.25) is 0 Å². The zero-order valence-electron chi connectivity index (χ0n) is 6.22. The Morgan fingerprint density at radius 3 is 2.00 bits per heavy atom. The van der Waals surface area contributed by atoms with Crippen molar-refractivity contribution in [3.8, 4) is 0 Å². The largest absolute Gasteiger partial charge is 0.0882 e. The molecule has 0 bridgehead atoms. The molecule has 0 nitrogen and oxygen atoms in total. The summed E-state index contributed by atoms with van der Waals surface area (Å²) in [7, 11) is 0. The molecule has 0 saturated heterocycles. The fourth-order valence-corrected chi connectivity index (χ4v) is 1.84. The second-order valence-corrected chi connectivity index (χ2v) is 3.18. The number of rotatable bonds is 0. The maximum absolute atomic E-state index is 2.33. The topological polar surface area (TPSA) is 0 Å². The smallest absolute Gasteiger partial charge is 0.0129 e. The molecule has 2 rings (SSSR count). The van der Waals surface area contributed by atoms with Crippen LogP contribution >= 0.6 is 0 Å². The minimum absolute atomic E-state index is 0.898. The lowest BCUT2D eigenvalue weighted by atomic mass is 9.76. The van der Waals surface area contributed by atoms with E-state index in [1.807, 2.05) is 0 Å². The van der Waals surface area contributed by atoms with Gasteiger partial charge in [-0.05, 0) is 37.5 Å². The molecule has 0 fully saturated rings. The van der Waals surface area contributed by atoms with Crippen LogP contribution in [0, 0.1) is 11.8 Å². The summed E-state index contributed by atoms with van der Waals surface area (Å²) in [5, 5.41) is 0. The van der Waals surface area contributed by atoms with Crippen molar-refractivity contribution in [1.82, 2.24) is 0 Å². The lowest BCUT2D eigenvalue weighted by Crippen LogP contribution is -2.15. The van der Waals surface area contributed by atoms with Gasteiger partial charge >= 0.3 is 0 Å². The standard InChI is InChI=1S/C10H13/c1-2-6-10-8-4-3-7-9(10)5-1/h1-4,9H,5-8H2. The van der Waals surface area contributed by atoms with Crippen molar-refractivity contribution in [2.45, 2.75) is 25.7 Å². The zero-order chi connectivity index (χ0) is 6.81. The molecular formula is C10H13. The van der Waals surface area contributed by atoms with Gasteiger partial charge < -0.3 is 0 Å². The third kappa shape index (κ3) is 1.03. The Morgan fingerprint density at radius 2 is 1.50 bits per heavy atom. The monoisotopic (exact) mass is 133 g/mol. The molecule has 0 amide bonds. The first-order valence-corrected chi connectivity index (χ1v) is 4.11. The fraction of sp³-hybridized carbons (Fsp3) is 0.500. The molecule has 0 aromatic heterocycles. The van der Waals surface area contributed by atoms with Gasteiger partial charge in [-0.2, -0.15) is 0 Å². The summed E-state index contributed by atoms with van der Waals surface area (Å²) in [6.45, 7) is 0. The van der Waals surface area contributed by atoms with E-state index in [4.69, 9.17) is 0 Å². The van der Waals surface area contributed by atoms with E-state index < -0.39 is 0 Å². The number of allylic oxidation sites excluding steroid dienone is 4. The summed E-state index contributed by atoms with van der Waals surface area (Å²) in [5.41, 5.74) is 0. The SMILES string of the molecule is C1=CCC2CC=CC[C]2C1. The Labute approximate surface area is 62.6 Å². The van der Waals surface area contributed by atoms with Gasteiger partial charge in [0.2, 0.25) is 0 Å². The Hall–Kier alpha value is -0.520. The second-order valence-electron chi connectivity index (χ2n) is 3.18. The van der Waals surface area contributed by atoms with Crippen LogP contribution in [-0.4, -0.2) is 0 Å². The first kappa shape index (κ1) is 6.21. The highest BCUT2D eigenvalue weighted by Crippen LogP contribution is 2.35. The van der Waals surface area contributed by atoms with Gasteiger partial charge in [0.25, 0.3) is 0 Å². The van der Waals surface area contributed by atoms with Crippen LogP contribution in [0.5, 0.6) is 0 Å². The maximum Gasteiger partial charge on any atom is -0.0129 e. The van der Waals surface area contributed by atoms with Gasteiger partial charge in [-0.15, -0.1) is 0 Å². The van der Waals surface area contributed by atoms with Crippen molar-refractivity contribution >= 4 is 0 Å². The van der Waals surface area contributed by atoms with Gasteiger partial charge in [-0.1, -0.05) is 24.3 Å². The van der Waals surface area contributed by atoms with Crippen LogP contribution in [-0.2, 0) is 0 Å². The molecule has 0 aromatic rings. The minimum Gasteiger partial charge on any atom is -0.0882 e. The van der Waals surface area contributed by atoms with Crippen molar-refractivity contribution in [3.63, 3.8) is 0 Å². The van der Waals surface area contributed by atoms with E-state index in [1.165, 1.54) is 25.7 Å². The predicted octanol–water partition coefficient (Wildman–Crippen LogP) is 2.88. The summed E-state index contributed by atoms with van der Waals surface area (Å²) in [6, 6.07) is 0. The van der Waals surface area contributed by atoms with E-state index in [1.54, 1.807) is 5.92 Å². The van der Waals surface area contributed by atoms with Crippen LogP contribution in [0.4, 0.5) is 0 Å². The van der Waals surface area contributed by atoms with Crippen LogP contribution in [0.25, 0.3) is 0 Å². The minimum atomic E-state index is 0.898. The van der Waals surface area contributed by atoms with Crippen molar-refractivity contribution in [2.75, 3.05) is 0 Å². The van der Waals surface area contributed by atoms with Crippen LogP contribution in [0.1, 0.15) is 25.7 Å². The summed E-state index contributed by atoms with van der Waals surface area (Å²) in [6.07, 6.45) is 14.3. The van der Waals surface area contributed by atoms with Gasteiger partial charge in [0.15, 0.2) is 0 Å². The molecular weight excluding hydrogens is 120 g/mol. The van der Waals surface area contributed by atoms with Gasteiger partial charge in [0.1, 0.15) is 0 Å². The Bertz CT molecular complexity index is 129. The van der Waals surface area contributed by atoms with E-state index in [-0.39, 0.29) is 0 Å². The molecule has 0 saturated carbocycles. The summed E-state index contributed by atoms with van der Waals surface area (Å²) < 4.78 is 0. The van der Waals surface area contributed by atoms with E-state index >= 15 is 0 Å². The van der Waals surface area contributed by atoms with Crippen molar-refractivity contribution in [3.05, 3.63) is 30.2 Å². The number of fused-ring (bicyclic) bond motifs is 1. The van der Waals surface area contributed by atoms with E-state index in [0.717, 1.165) is 5.92 Å². The molecule has 0 heteroatoms. The molecule has 0 spiro atoms. The molecule has 1 radical (unpaired) electrons. The van der Waals surface area contributed by atoms with Crippen LogP contribution < -0.4 is 0 Å². The Balaban J connectivity index is 2.09. The second kappa shape index (κ2) is 2.61. The van der Waals surface area contributed by atoms with Crippen molar-refractivity contribution in [2.24, 2.45) is 5.92 Å². The van der Waals surface area contributed by atoms with Crippen LogP contribution in [0.15, 0.2) is 24.3 Å². The molecule has 0 heterocycles. The highest BCUT2D eigenvalue weighted by atomic mass is 14.3. The highest BCUT2D eigenvalue weighted by molar-refractivity contribution is 5.17. The molecule has 53 valence electrons. The lowest BCUT2D eigenvalue weighted by Gasteiger charge is -2.28. The molecule has 0 N–H and O–H groups in total. The van der Waals surface area contributed by atoms with E-state index in [2.05, 4.69) is 24.3 Å². The van der Waals surface area contributed by atoms with E-state index in [0.29, 0.717) is 0 Å². The zero-order valence-corrected chi connectivity index (χ0v) is 6.22. The maximum atomic E-state index is 2.33. The van der Waals surface area contributed by atoms with E-state index in [9.17, 15) is 0 Å². The van der Waals surface area contributed by atoms with Crippen molar-refractivity contribution < 1.29 is 0 Å². The first-order valence-electron chi connectivity index (χ1n) is 4.11. The highest BCUT2D eigenvalue weighted by Gasteiger charge is 2.22. The first-order chi connectivity index (χ1) is 4.97. The lowest BCUT2D eigenvalue weighted by molar-refractivity contribution is 0.496. The van der Waals surface area contributed by atoms with Gasteiger partial charge in [0.05, 0.1) is 0 Å². The number of hydrogen-bond acceptors (Lipinski definition) is 0. The average molecular weight is 133 g/mol. The molecule has 0 atom stereocenters. The molecule has 2 aliphatic carbocycles. The summed E-state index contributed by atoms with van der Waals surface area (Å²) in [5.74, 6) is 2.65. The third-order valence-electron chi connectivity index (χ3n) is 2.51. The van der Waals surface area contributed by atoms with Gasteiger partial charge in [-0.3, -0.25) is 0 Å². The molecule has 0 aliphatic heterocycles. The Kier molecular flexibility index (Phi) is 1.62. The normalized spacial score (nSPS) is 26.8. The third-order valence-corrected chi connectivity index (χ3v) is 2.51. The van der Waals surface area contributed by atoms with Crippen molar-refractivity contribution in [1.29, 1.82) is 0 Å². The molecule has 2 aliphatic rings. The Morgan fingerprint density at radius 1 is 0.900 bits per heavy atom. The molecule has 10 heavy (non-hydrogen) atoms. The number of hydrogen-bond donors (Lipinski definition) is 0. The van der Waals surface area contributed by atoms with Crippen LogP contribution in [0.3, 0.4) is 0 Å².